The molecule has 1 heterocycles. The third-order valence-electron chi connectivity index (χ3n) is 2.52. The first-order chi connectivity index (χ1) is 9.61. The van der Waals surface area contributed by atoms with E-state index in [-0.39, 0.29) is 19.8 Å². The normalized spacial score (nSPS) is 10.4. The number of esters is 2. The smallest absolute Gasteiger partial charge is 0.318 e. The van der Waals surface area contributed by atoms with Crippen molar-refractivity contribution < 1.29 is 19.1 Å². The van der Waals surface area contributed by atoms with Gasteiger partial charge in [-0.2, -0.15) is 0 Å². The van der Waals surface area contributed by atoms with Crippen LogP contribution in [0.25, 0.3) is 10.2 Å². The SMILES string of the molecule is CCOC(=O)CC(=O)OCn1c(=S)sc2ccccc21. The molecule has 0 aliphatic carbocycles. The molecular weight excluding hydrogens is 298 g/mol. The molecule has 106 valence electrons. The predicted molar refractivity (Wildman–Crippen MR) is 78.0 cm³/mol. The first-order valence-electron chi connectivity index (χ1n) is 6.01. The molecule has 5 nitrogen and oxygen atoms in total. The second-order valence-electron chi connectivity index (χ2n) is 3.89. The lowest BCUT2D eigenvalue weighted by Crippen LogP contribution is -2.15. The van der Waals surface area contributed by atoms with Gasteiger partial charge in [-0.15, -0.1) is 11.3 Å². The quantitative estimate of drug-likeness (QED) is 0.483. The molecule has 1 aromatic carbocycles. The van der Waals surface area contributed by atoms with Gasteiger partial charge in [-0.05, 0) is 31.3 Å². The number of para-hydroxylation sites is 1. The zero-order valence-electron chi connectivity index (χ0n) is 10.8. The summed E-state index contributed by atoms with van der Waals surface area (Å²) in [6.45, 7) is 1.92. The van der Waals surface area contributed by atoms with Gasteiger partial charge in [0.15, 0.2) is 10.7 Å². The summed E-state index contributed by atoms with van der Waals surface area (Å²) in [7, 11) is 0. The number of hydrogen-bond acceptors (Lipinski definition) is 6. The van der Waals surface area contributed by atoms with Crippen LogP contribution in [0.5, 0.6) is 0 Å². The number of rotatable bonds is 5. The summed E-state index contributed by atoms with van der Waals surface area (Å²) in [5.74, 6) is -1.21. The van der Waals surface area contributed by atoms with Crippen molar-refractivity contribution in [1.29, 1.82) is 0 Å². The van der Waals surface area contributed by atoms with Crippen molar-refractivity contribution in [2.24, 2.45) is 0 Å². The van der Waals surface area contributed by atoms with E-state index in [0.717, 1.165) is 10.2 Å². The molecule has 0 N–H and O–H groups in total. The third kappa shape index (κ3) is 3.43. The molecule has 0 amide bonds. The average Bonchev–Trinajstić information content (AvgIpc) is 2.72. The summed E-state index contributed by atoms with van der Waals surface area (Å²) < 4.78 is 13.1. The van der Waals surface area contributed by atoms with Gasteiger partial charge in [0.1, 0.15) is 6.42 Å². The van der Waals surface area contributed by atoms with E-state index in [1.165, 1.54) is 11.3 Å². The molecule has 0 spiro atoms. The number of carbonyl (C=O) groups is 2. The fourth-order valence-corrected chi connectivity index (χ4v) is 2.95. The van der Waals surface area contributed by atoms with Crippen molar-refractivity contribution >= 4 is 45.7 Å². The molecule has 0 atom stereocenters. The van der Waals surface area contributed by atoms with Crippen LogP contribution in [0.1, 0.15) is 13.3 Å². The largest absolute Gasteiger partial charge is 0.466 e. The van der Waals surface area contributed by atoms with Gasteiger partial charge in [0.25, 0.3) is 0 Å². The molecule has 0 radical (unpaired) electrons. The van der Waals surface area contributed by atoms with Crippen molar-refractivity contribution in [3.63, 3.8) is 0 Å². The molecule has 0 aliphatic heterocycles. The van der Waals surface area contributed by atoms with Crippen molar-refractivity contribution in [1.82, 2.24) is 4.57 Å². The summed E-state index contributed by atoms with van der Waals surface area (Å²) in [6.07, 6.45) is -0.386. The van der Waals surface area contributed by atoms with E-state index in [1.54, 1.807) is 11.5 Å². The molecular formula is C13H13NO4S2. The van der Waals surface area contributed by atoms with Gasteiger partial charge in [0.05, 0.1) is 16.8 Å². The molecule has 0 bridgehead atoms. The fraction of sp³-hybridized carbons (Fsp3) is 0.308. The highest BCUT2D eigenvalue weighted by atomic mass is 32.1. The Morgan fingerprint density at radius 3 is 2.70 bits per heavy atom. The second-order valence-corrected chi connectivity index (χ2v) is 5.57. The van der Waals surface area contributed by atoms with E-state index >= 15 is 0 Å². The Balaban J connectivity index is 2.03. The molecule has 2 aromatic rings. The zero-order valence-corrected chi connectivity index (χ0v) is 12.5. The predicted octanol–water partition coefficient (Wildman–Crippen LogP) is 2.89. The Morgan fingerprint density at radius 2 is 1.95 bits per heavy atom. The van der Waals surface area contributed by atoms with E-state index in [2.05, 4.69) is 4.74 Å². The molecule has 7 heteroatoms. The van der Waals surface area contributed by atoms with Crippen molar-refractivity contribution in [3.8, 4) is 0 Å². The number of carbonyl (C=O) groups excluding carboxylic acids is 2. The molecule has 0 unspecified atom stereocenters. The Labute approximate surface area is 124 Å². The van der Waals surface area contributed by atoms with Crippen LogP contribution in [0, 0.1) is 3.95 Å². The van der Waals surface area contributed by atoms with E-state index < -0.39 is 11.9 Å². The van der Waals surface area contributed by atoms with Crippen molar-refractivity contribution in [2.75, 3.05) is 6.61 Å². The van der Waals surface area contributed by atoms with Crippen LogP contribution in [0.15, 0.2) is 24.3 Å². The van der Waals surface area contributed by atoms with Gasteiger partial charge in [0.2, 0.25) is 0 Å². The highest BCUT2D eigenvalue weighted by Gasteiger charge is 2.12. The molecule has 20 heavy (non-hydrogen) atoms. The van der Waals surface area contributed by atoms with Crippen LogP contribution >= 0.6 is 23.6 Å². The van der Waals surface area contributed by atoms with E-state index in [1.807, 2.05) is 24.3 Å². The number of fused-ring (bicyclic) bond motifs is 1. The van der Waals surface area contributed by atoms with Gasteiger partial charge in [-0.25, -0.2) is 0 Å². The summed E-state index contributed by atoms with van der Waals surface area (Å²) in [5.41, 5.74) is 0.909. The Bertz CT molecular complexity index is 689. The Kier molecular flexibility index (Phi) is 4.86. The van der Waals surface area contributed by atoms with Gasteiger partial charge in [0, 0.05) is 0 Å². The van der Waals surface area contributed by atoms with E-state index in [9.17, 15) is 9.59 Å². The molecule has 0 aliphatic rings. The van der Waals surface area contributed by atoms with Crippen LogP contribution in [0.4, 0.5) is 0 Å². The maximum Gasteiger partial charge on any atom is 0.318 e. The summed E-state index contributed by atoms with van der Waals surface area (Å²) in [4.78, 5) is 22.6. The fourth-order valence-electron chi connectivity index (χ4n) is 1.65. The number of benzene rings is 1. The highest BCUT2D eigenvalue weighted by molar-refractivity contribution is 7.73. The minimum Gasteiger partial charge on any atom is -0.466 e. The van der Waals surface area contributed by atoms with Gasteiger partial charge >= 0.3 is 11.9 Å². The van der Waals surface area contributed by atoms with Crippen LogP contribution in [0.3, 0.4) is 0 Å². The monoisotopic (exact) mass is 311 g/mol. The topological polar surface area (TPSA) is 57.5 Å². The van der Waals surface area contributed by atoms with Gasteiger partial charge in [-0.3, -0.25) is 14.2 Å². The minimum atomic E-state index is -0.624. The molecule has 0 saturated carbocycles. The maximum absolute atomic E-state index is 11.5. The number of nitrogens with zero attached hydrogens (tertiary/aromatic N) is 1. The summed E-state index contributed by atoms with van der Waals surface area (Å²) in [5, 5.41) is 0. The first kappa shape index (κ1) is 14.7. The standard InChI is InChI=1S/C13H13NO4S2/c1-2-17-11(15)7-12(16)18-8-14-9-5-3-4-6-10(9)20-13(14)19/h3-6H,2,7-8H2,1H3. The lowest BCUT2D eigenvalue weighted by atomic mass is 10.3. The molecule has 0 fully saturated rings. The van der Waals surface area contributed by atoms with E-state index in [4.69, 9.17) is 17.0 Å². The molecule has 1 aromatic heterocycles. The minimum absolute atomic E-state index is 0.00108. The molecule has 0 saturated heterocycles. The van der Waals surface area contributed by atoms with Crippen LogP contribution in [0.2, 0.25) is 0 Å². The maximum atomic E-state index is 11.5. The lowest BCUT2D eigenvalue weighted by Gasteiger charge is -2.06. The molecule has 2 rings (SSSR count). The number of hydrogen-bond donors (Lipinski definition) is 0. The third-order valence-corrected chi connectivity index (χ3v) is 3.95. The Morgan fingerprint density at radius 1 is 1.25 bits per heavy atom. The number of thiazole rings is 1. The van der Waals surface area contributed by atoms with Crippen molar-refractivity contribution in [2.45, 2.75) is 20.1 Å². The Hall–Kier alpha value is -1.73. The average molecular weight is 311 g/mol. The summed E-state index contributed by atoms with van der Waals surface area (Å²) in [6, 6.07) is 7.67. The van der Waals surface area contributed by atoms with E-state index in [0.29, 0.717) is 3.95 Å². The summed E-state index contributed by atoms with van der Waals surface area (Å²) >= 11 is 6.68. The van der Waals surface area contributed by atoms with Gasteiger partial charge < -0.3 is 9.47 Å². The number of ether oxygens (including phenoxy) is 2. The lowest BCUT2D eigenvalue weighted by molar-refractivity contribution is -0.156. The second kappa shape index (κ2) is 6.62. The van der Waals surface area contributed by atoms with Crippen molar-refractivity contribution in [3.05, 3.63) is 28.2 Å². The van der Waals surface area contributed by atoms with Crippen LogP contribution in [-0.4, -0.2) is 23.1 Å². The van der Waals surface area contributed by atoms with Gasteiger partial charge in [-0.1, -0.05) is 12.1 Å². The number of aromatic nitrogens is 1. The zero-order chi connectivity index (χ0) is 14.5. The van der Waals surface area contributed by atoms with Crippen LogP contribution < -0.4 is 0 Å². The van der Waals surface area contributed by atoms with Crippen LogP contribution in [-0.2, 0) is 25.8 Å². The highest BCUT2D eigenvalue weighted by Crippen LogP contribution is 2.22. The first-order valence-corrected chi connectivity index (χ1v) is 7.24.